The second kappa shape index (κ2) is 4.33. The fraction of sp³-hybridized carbons (Fsp3) is 0.529. The highest BCUT2D eigenvalue weighted by Gasteiger charge is 2.65. The number of hydrogen-bond donors (Lipinski definition) is 1. The van der Waals surface area contributed by atoms with E-state index >= 15 is 0 Å². The molecule has 6 heteroatoms. The molecule has 1 saturated carbocycles. The molecular formula is C17H18N2O4. The van der Waals surface area contributed by atoms with Crippen LogP contribution < -0.4 is 10.4 Å². The Morgan fingerprint density at radius 3 is 3.00 bits per heavy atom. The molecule has 1 N–H and O–H groups in total. The number of amides is 2. The maximum Gasteiger partial charge on any atom is 0.264 e. The summed E-state index contributed by atoms with van der Waals surface area (Å²) >= 11 is 0. The highest BCUT2D eigenvalue weighted by molar-refractivity contribution is 6.07. The van der Waals surface area contributed by atoms with E-state index in [0.29, 0.717) is 19.4 Å². The third-order valence-electron chi connectivity index (χ3n) is 6.10. The molecule has 23 heavy (non-hydrogen) atoms. The van der Waals surface area contributed by atoms with Gasteiger partial charge in [0, 0.05) is 17.9 Å². The molecule has 2 amide bonds. The first-order valence-electron chi connectivity index (χ1n) is 8.07. The van der Waals surface area contributed by atoms with Gasteiger partial charge in [0.2, 0.25) is 5.91 Å². The van der Waals surface area contributed by atoms with Crippen molar-refractivity contribution >= 4 is 17.5 Å². The average Bonchev–Trinajstić information content (AvgIpc) is 2.88. The molecule has 5 atom stereocenters. The third-order valence-corrected chi connectivity index (χ3v) is 6.10. The Balaban J connectivity index is 1.71. The van der Waals surface area contributed by atoms with Crippen LogP contribution in [0.3, 0.4) is 0 Å². The van der Waals surface area contributed by atoms with Crippen LogP contribution in [0.5, 0.6) is 0 Å². The van der Waals surface area contributed by atoms with Crippen LogP contribution in [0.4, 0.5) is 5.69 Å². The van der Waals surface area contributed by atoms with Crippen LogP contribution in [0.15, 0.2) is 24.3 Å². The first-order valence-corrected chi connectivity index (χ1v) is 8.07. The van der Waals surface area contributed by atoms with Crippen LogP contribution >= 0.6 is 0 Å². The van der Waals surface area contributed by atoms with Gasteiger partial charge in [-0.15, -0.1) is 0 Å². The molecule has 4 aliphatic heterocycles. The molecule has 0 aromatic heterocycles. The number of carbonyl (C=O) groups excluding carboxylic acids is 2. The van der Waals surface area contributed by atoms with Crippen LogP contribution in [-0.4, -0.2) is 37.7 Å². The van der Waals surface area contributed by atoms with Crippen LogP contribution in [-0.2, 0) is 24.6 Å². The average molecular weight is 314 g/mol. The first kappa shape index (κ1) is 13.5. The molecule has 1 aromatic rings. The number of fused-ring (bicyclic) bond motifs is 2. The van der Waals surface area contributed by atoms with Crippen molar-refractivity contribution in [3.63, 3.8) is 0 Å². The predicted molar refractivity (Wildman–Crippen MR) is 80.5 cm³/mol. The minimum atomic E-state index is -0.755. The van der Waals surface area contributed by atoms with Crippen molar-refractivity contribution in [2.24, 2.45) is 11.8 Å². The second-order valence-corrected chi connectivity index (χ2v) is 6.92. The SMILES string of the molecule is CON1C(=O)C2(C[C@@H]3NC(=O)[C@@H]4CC2OCC34)c2ccccc21. The summed E-state index contributed by atoms with van der Waals surface area (Å²) in [4.78, 5) is 30.8. The number of benzene rings is 1. The van der Waals surface area contributed by atoms with Crippen LogP contribution in [0, 0.1) is 11.8 Å². The molecule has 120 valence electrons. The molecule has 4 fully saturated rings. The van der Waals surface area contributed by atoms with E-state index in [2.05, 4.69) is 5.32 Å². The fourth-order valence-electron chi connectivity index (χ4n) is 5.06. The van der Waals surface area contributed by atoms with Crippen molar-refractivity contribution in [1.82, 2.24) is 5.32 Å². The minimum absolute atomic E-state index is 0.00573. The van der Waals surface area contributed by atoms with Gasteiger partial charge in [0.25, 0.3) is 5.91 Å². The molecule has 3 unspecified atom stereocenters. The lowest BCUT2D eigenvalue weighted by Crippen LogP contribution is -2.53. The number of rotatable bonds is 1. The molecule has 5 aliphatic rings. The summed E-state index contributed by atoms with van der Waals surface area (Å²) in [6, 6.07) is 7.74. The van der Waals surface area contributed by atoms with Crippen LogP contribution in [0.25, 0.3) is 0 Å². The summed E-state index contributed by atoms with van der Waals surface area (Å²) < 4.78 is 6.09. The van der Waals surface area contributed by atoms with Gasteiger partial charge in [0.15, 0.2) is 0 Å². The summed E-state index contributed by atoms with van der Waals surface area (Å²) in [5.74, 6) is 0.184. The normalized spacial score (nSPS) is 40.5. The van der Waals surface area contributed by atoms with Crippen LogP contribution in [0.2, 0.25) is 0 Å². The Kier molecular flexibility index (Phi) is 2.54. The number of ether oxygens (including phenoxy) is 1. The van der Waals surface area contributed by atoms with Gasteiger partial charge in [-0.3, -0.25) is 14.4 Å². The van der Waals surface area contributed by atoms with E-state index in [4.69, 9.17) is 9.57 Å². The summed E-state index contributed by atoms with van der Waals surface area (Å²) in [5.41, 5.74) is 0.990. The molecule has 6 rings (SSSR count). The number of hydroxylamine groups is 1. The first-order chi connectivity index (χ1) is 11.2. The minimum Gasteiger partial charge on any atom is -0.376 e. The molecule has 3 saturated heterocycles. The quantitative estimate of drug-likeness (QED) is 0.831. The Hall–Kier alpha value is -1.92. The van der Waals surface area contributed by atoms with Crippen molar-refractivity contribution in [3.8, 4) is 0 Å². The zero-order valence-corrected chi connectivity index (χ0v) is 12.8. The Morgan fingerprint density at radius 2 is 2.17 bits per heavy atom. The third kappa shape index (κ3) is 1.46. The monoisotopic (exact) mass is 314 g/mol. The van der Waals surface area contributed by atoms with E-state index < -0.39 is 5.41 Å². The Morgan fingerprint density at radius 1 is 1.35 bits per heavy atom. The lowest BCUT2D eigenvalue weighted by atomic mass is 9.71. The standard InChI is InChI=1S/C17H18N2O4/c1-22-19-13-5-3-2-4-11(13)17(16(19)21)7-12-10-8-23-14(17)6-9(10)15(20)18-12/h2-5,9-10,12,14H,6-8H2,1H3,(H,18,20)/t9-,10?,12+,14?,17?/m1/s1. The lowest BCUT2D eigenvalue weighted by molar-refractivity contribution is -0.142. The van der Waals surface area contributed by atoms with Crippen LogP contribution in [0.1, 0.15) is 18.4 Å². The molecule has 6 nitrogen and oxygen atoms in total. The van der Waals surface area contributed by atoms with Gasteiger partial charge in [-0.2, -0.15) is 5.06 Å². The molecule has 4 bridgehead atoms. The lowest BCUT2D eigenvalue weighted by Gasteiger charge is -2.37. The predicted octanol–water partition coefficient (Wildman–Crippen LogP) is 0.756. The van der Waals surface area contributed by atoms with E-state index in [1.165, 1.54) is 12.2 Å². The van der Waals surface area contributed by atoms with Gasteiger partial charge in [-0.1, -0.05) is 18.2 Å². The number of para-hydroxylation sites is 1. The van der Waals surface area contributed by atoms with E-state index in [1.807, 2.05) is 24.3 Å². The second-order valence-electron chi connectivity index (χ2n) is 6.92. The molecular weight excluding hydrogens is 296 g/mol. The summed E-state index contributed by atoms with van der Waals surface area (Å²) in [6.07, 6.45) is 0.916. The zero-order chi connectivity index (χ0) is 15.8. The van der Waals surface area contributed by atoms with E-state index in [0.717, 1.165) is 11.3 Å². The Labute approximate surface area is 133 Å². The van der Waals surface area contributed by atoms with Crippen molar-refractivity contribution in [2.75, 3.05) is 18.8 Å². The number of anilines is 1. The number of carbonyl (C=O) groups is 2. The summed E-state index contributed by atoms with van der Waals surface area (Å²) in [7, 11) is 1.51. The number of nitrogens with one attached hydrogen (secondary N) is 1. The highest BCUT2D eigenvalue weighted by atomic mass is 16.7. The summed E-state index contributed by atoms with van der Waals surface area (Å²) in [5, 5.41) is 4.47. The van der Waals surface area contributed by atoms with E-state index in [1.54, 1.807) is 0 Å². The summed E-state index contributed by atoms with van der Waals surface area (Å²) in [6.45, 7) is 0.545. The molecule has 1 aromatic carbocycles. The van der Waals surface area contributed by atoms with E-state index in [-0.39, 0.29) is 35.8 Å². The molecule has 0 radical (unpaired) electrons. The maximum absolute atomic E-state index is 13.3. The zero-order valence-electron chi connectivity index (χ0n) is 12.8. The topological polar surface area (TPSA) is 67.9 Å². The van der Waals surface area contributed by atoms with Gasteiger partial charge in [0.1, 0.15) is 5.41 Å². The maximum atomic E-state index is 13.3. The molecule has 1 aliphatic carbocycles. The van der Waals surface area contributed by atoms with Crippen molar-refractivity contribution in [1.29, 1.82) is 0 Å². The van der Waals surface area contributed by atoms with Crippen molar-refractivity contribution in [3.05, 3.63) is 29.8 Å². The largest absolute Gasteiger partial charge is 0.376 e. The fourth-order valence-corrected chi connectivity index (χ4v) is 5.06. The number of nitrogens with zero attached hydrogens (tertiary/aromatic N) is 1. The van der Waals surface area contributed by atoms with Gasteiger partial charge in [-0.05, 0) is 24.5 Å². The van der Waals surface area contributed by atoms with Gasteiger partial charge >= 0.3 is 0 Å². The highest BCUT2D eigenvalue weighted by Crippen LogP contribution is 2.55. The van der Waals surface area contributed by atoms with Crippen molar-refractivity contribution < 1.29 is 19.2 Å². The van der Waals surface area contributed by atoms with Gasteiger partial charge < -0.3 is 10.1 Å². The smallest absolute Gasteiger partial charge is 0.264 e. The molecule has 1 spiro atoms. The van der Waals surface area contributed by atoms with E-state index in [9.17, 15) is 9.59 Å². The van der Waals surface area contributed by atoms with Gasteiger partial charge in [0.05, 0.1) is 25.5 Å². The van der Waals surface area contributed by atoms with Crippen molar-refractivity contribution in [2.45, 2.75) is 30.4 Å². The number of hydrogen-bond acceptors (Lipinski definition) is 4. The Bertz CT molecular complexity index is 720. The van der Waals surface area contributed by atoms with Gasteiger partial charge in [-0.25, -0.2) is 0 Å². The molecule has 4 heterocycles.